The van der Waals surface area contributed by atoms with Gasteiger partial charge in [-0.2, -0.15) is 0 Å². The third-order valence-corrected chi connectivity index (χ3v) is 5.56. The normalized spacial score (nSPS) is 10.8. The summed E-state index contributed by atoms with van der Waals surface area (Å²) in [6, 6.07) is 23.3. The number of hydrogen-bond donors (Lipinski definition) is 0. The molecule has 3 aromatic carbocycles. The molecular weight excluding hydrogens is 414 g/mol. The van der Waals surface area contributed by atoms with Crippen LogP contribution in [0.25, 0.3) is 10.9 Å². The molecule has 1 heterocycles. The highest BCUT2D eigenvalue weighted by molar-refractivity contribution is 5.79. The lowest BCUT2D eigenvalue weighted by molar-refractivity contribution is -0.132. The van der Waals surface area contributed by atoms with Gasteiger partial charge in [-0.1, -0.05) is 54.1 Å². The summed E-state index contributed by atoms with van der Waals surface area (Å²) in [6.45, 7) is 5.33. The molecule has 0 radical (unpaired) electrons. The zero-order chi connectivity index (χ0) is 23.2. The van der Waals surface area contributed by atoms with Crippen molar-refractivity contribution in [2.24, 2.45) is 0 Å². The second-order valence-electron chi connectivity index (χ2n) is 8.02. The fourth-order valence-corrected chi connectivity index (χ4v) is 3.66. The van der Waals surface area contributed by atoms with Gasteiger partial charge in [0.25, 0.3) is 5.56 Å². The van der Waals surface area contributed by atoms with Crippen molar-refractivity contribution in [3.8, 4) is 5.75 Å². The number of rotatable bonds is 8. The predicted octanol–water partition coefficient (Wildman–Crippen LogP) is 4.33. The first-order valence-electron chi connectivity index (χ1n) is 11.0. The van der Waals surface area contributed by atoms with Gasteiger partial charge in [0.15, 0.2) is 0 Å². The maximum absolute atomic E-state index is 12.9. The molecule has 1 amide bonds. The standard InChI is InChI=1S/C27H27N3O3/c1-3-29(16-21-10-12-23(13-11-21)33-18-22-7-5-4-6-8-22)26(31)17-30-19-28-25-14-9-20(2)15-24(25)27(30)32/h4-15,19H,3,16-18H2,1-2H3. The smallest absolute Gasteiger partial charge is 0.261 e. The van der Waals surface area contributed by atoms with Gasteiger partial charge in [-0.15, -0.1) is 0 Å². The molecule has 6 nitrogen and oxygen atoms in total. The van der Waals surface area contributed by atoms with Crippen LogP contribution in [0.4, 0.5) is 0 Å². The Bertz CT molecular complexity index is 1300. The van der Waals surface area contributed by atoms with Gasteiger partial charge in [0.05, 0.1) is 17.2 Å². The lowest BCUT2D eigenvalue weighted by atomic mass is 10.2. The SMILES string of the molecule is CCN(Cc1ccc(OCc2ccccc2)cc1)C(=O)Cn1cnc2ccc(C)cc2c1=O. The molecule has 0 unspecified atom stereocenters. The number of hydrogen-bond acceptors (Lipinski definition) is 4. The Morgan fingerprint density at radius 3 is 2.48 bits per heavy atom. The van der Waals surface area contributed by atoms with Crippen LogP contribution in [0.15, 0.2) is 83.9 Å². The molecule has 0 aliphatic heterocycles. The summed E-state index contributed by atoms with van der Waals surface area (Å²) in [5.41, 5.74) is 3.52. The first-order chi connectivity index (χ1) is 16.0. The van der Waals surface area contributed by atoms with E-state index in [0.717, 1.165) is 22.4 Å². The summed E-state index contributed by atoms with van der Waals surface area (Å²) in [7, 11) is 0. The molecule has 33 heavy (non-hydrogen) atoms. The highest BCUT2D eigenvalue weighted by Gasteiger charge is 2.15. The maximum atomic E-state index is 12.9. The summed E-state index contributed by atoms with van der Waals surface area (Å²) >= 11 is 0. The molecule has 6 heteroatoms. The van der Waals surface area contributed by atoms with Crippen molar-refractivity contribution < 1.29 is 9.53 Å². The van der Waals surface area contributed by atoms with Crippen molar-refractivity contribution in [1.82, 2.24) is 14.5 Å². The molecule has 0 saturated carbocycles. The van der Waals surface area contributed by atoms with E-state index in [1.807, 2.05) is 86.6 Å². The molecule has 4 aromatic rings. The number of carbonyl (C=O) groups excluding carboxylic acids is 1. The third-order valence-electron chi connectivity index (χ3n) is 5.56. The fourth-order valence-electron chi connectivity index (χ4n) is 3.66. The van der Waals surface area contributed by atoms with Crippen molar-refractivity contribution in [1.29, 1.82) is 0 Å². The number of aromatic nitrogens is 2. The number of ether oxygens (including phenoxy) is 1. The summed E-state index contributed by atoms with van der Waals surface area (Å²) in [5, 5.41) is 0.527. The Balaban J connectivity index is 1.40. The summed E-state index contributed by atoms with van der Waals surface area (Å²) < 4.78 is 7.22. The first-order valence-corrected chi connectivity index (χ1v) is 11.0. The largest absolute Gasteiger partial charge is 0.489 e. The molecule has 0 aliphatic carbocycles. The number of benzene rings is 3. The van der Waals surface area contributed by atoms with Crippen LogP contribution in [0.1, 0.15) is 23.6 Å². The third kappa shape index (κ3) is 5.47. The van der Waals surface area contributed by atoms with E-state index in [9.17, 15) is 9.59 Å². The summed E-state index contributed by atoms with van der Waals surface area (Å²) in [4.78, 5) is 31.8. The Morgan fingerprint density at radius 2 is 1.76 bits per heavy atom. The van der Waals surface area contributed by atoms with Gasteiger partial charge in [0.1, 0.15) is 18.9 Å². The van der Waals surface area contributed by atoms with Crippen LogP contribution >= 0.6 is 0 Å². The zero-order valence-electron chi connectivity index (χ0n) is 18.9. The zero-order valence-corrected chi connectivity index (χ0v) is 18.9. The molecule has 0 aliphatic rings. The van der Waals surface area contributed by atoms with Crippen molar-refractivity contribution in [2.75, 3.05) is 6.54 Å². The Kier molecular flexibility index (Phi) is 6.83. The maximum Gasteiger partial charge on any atom is 0.261 e. The van der Waals surface area contributed by atoms with Gasteiger partial charge in [0.2, 0.25) is 5.91 Å². The average Bonchev–Trinajstić information content (AvgIpc) is 2.84. The fraction of sp³-hybridized carbons (Fsp3) is 0.222. The van der Waals surface area contributed by atoms with Crippen molar-refractivity contribution in [3.05, 3.63) is 106 Å². The number of aryl methyl sites for hydroxylation is 1. The molecule has 4 rings (SSSR count). The number of likely N-dealkylation sites (N-methyl/N-ethyl adjacent to an activating group) is 1. The monoisotopic (exact) mass is 441 g/mol. The van der Waals surface area contributed by atoms with Gasteiger partial charge in [-0.25, -0.2) is 4.98 Å². The van der Waals surface area contributed by atoms with E-state index in [4.69, 9.17) is 4.74 Å². The lowest BCUT2D eigenvalue weighted by Gasteiger charge is -2.21. The molecule has 0 spiro atoms. The van der Waals surface area contributed by atoms with Crippen LogP contribution in [0.5, 0.6) is 5.75 Å². The second kappa shape index (κ2) is 10.1. The van der Waals surface area contributed by atoms with E-state index >= 15 is 0 Å². The van der Waals surface area contributed by atoms with Crippen LogP contribution < -0.4 is 10.3 Å². The van der Waals surface area contributed by atoms with E-state index in [1.54, 1.807) is 4.90 Å². The molecule has 0 N–H and O–H groups in total. The first kappa shape index (κ1) is 22.3. The topological polar surface area (TPSA) is 64.4 Å². The number of amides is 1. The van der Waals surface area contributed by atoms with Gasteiger partial charge < -0.3 is 9.64 Å². The number of fused-ring (bicyclic) bond motifs is 1. The van der Waals surface area contributed by atoms with Gasteiger partial charge in [0, 0.05) is 13.1 Å². The minimum Gasteiger partial charge on any atom is -0.489 e. The Hall–Kier alpha value is -3.93. The van der Waals surface area contributed by atoms with Crippen molar-refractivity contribution >= 4 is 16.8 Å². The van der Waals surface area contributed by atoms with Crippen molar-refractivity contribution in [2.45, 2.75) is 33.5 Å². The quantitative estimate of drug-likeness (QED) is 0.408. The van der Waals surface area contributed by atoms with E-state index in [-0.39, 0.29) is 18.0 Å². The summed E-state index contributed by atoms with van der Waals surface area (Å²) in [6.07, 6.45) is 1.45. The van der Waals surface area contributed by atoms with Crippen molar-refractivity contribution in [3.63, 3.8) is 0 Å². The summed E-state index contributed by atoms with van der Waals surface area (Å²) in [5.74, 6) is 0.652. The Morgan fingerprint density at radius 1 is 1.00 bits per heavy atom. The molecule has 0 bridgehead atoms. The molecular formula is C27H27N3O3. The van der Waals surface area contributed by atoms with E-state index in [0.29, 0.717) is 30.6 Å². The number of carbonyl (C=O) groups is 1. The molecule has 168 valence electrons. The second-order valence-corrected chi connectivity index (χ2v) is 8.02. The molecule has 0 fully saturated rings. The van der Waals surface area contributed by atoms with Gasteiger partial charge in [-0.05, 0) is 49.2 Å². The highest BCUT2D eigenvalue weighted by Crippen LogP contribution is 2.16. The average molecular weight is 442 g/mol. The van der Waals surface area contributed by atoms with E-state index in [1.165, 1.54) is 10.9 Å². The van der Waals surface area contributed by atoms with E-state index < -0.39 is 0 Å². The molecule has 0 atom stereocenters. The highest BCUT2D eigenvalue weighted by atomic mass is 16.5. The van der Waals surface area contributed by atoms with Gasteiger partial charge >= 0.3 is 0 Å². The van der Waals surface area contributed by atoms with Crippen LogP contribution in [0.2, 0.25) is 0 Å². The van der Waals surface area contributed by atoms with Crippen LogP contribution in [0, 0.1) is 6.92 Å². The predicted molar refractivity (Wildman–Crippen MR) is 129 cm³/mol. The van der Waals surface area contributed by atoms with Crippen LogP contribution in [-0.2, 0) is 24.5 Å². The van der Waals surface area contributed by atoms with Crippen LogP contribution in [-0.4, -0.2) is 26.9 Å². The molecule has 1 aromatic heterocycles. The van der Waals surface area contributed by atoms with Gasteiger partial charge in [-0.3, -0.25) is 14.2 Å². The number of nitrogens with zero attached hydrogens (tertiary/aromatic N) is 3. The van der Waals surface area contributed by atoms with Crippen LogP contribution in [0.3, 0.4) is 0 Å². The van der Waals surface area contributed by atoms with E-state index in [2.05, 4.69) is 4.98 Å². The minimum absolute atomic E-state index is 0.0399. The molecule has 0 saturated heterocycles. The Labute approximate surface area is 193 Å². The minimum atomic E-state index is -0.201. The lowest BCUT2D eigenvalue weighted by Crippen LogP contribution is -2.36.